The zero-order valence-corrected chi connectivity index (χ0v) is 12.5. The normalized spacial score (nSPS) is 20.1. The van der Waals surface area contributed by atoms with Crippen LogP contribution in [0.3, 0.4) is 0 Å². The van der Waals surface area contributed by atoms with Gasteiger partial charge in [-0.25, -0.2) is 0 Å². The number of thioether (sulfide) groups is 1. The van der Waals surface area contributed by atoms with Crippen molar-refractivity contribution in [2.45, 2.75) is 13.1 Å². The van der Waals surface area contributed by atoms with Gasteiger partial charge in [0.05, 0.1) is 11.3 Å². The van der Waals surface area contributed by atoms with E-state index in [1.165, 1.54) is 17.8 Å². The number of benzene rings is 1. The van der Waals surface area contributed by atoms with Gasteiger partial charge in [0.25, 0.3) is 0 Å². The Morgan fingerprint density at radius 1 is 1.42 bits per heavy atom. The smallest absolute Gasteiger partial charge is 0.334 e. The quantitative estimate of drug-likeness (QED) is 0.797. The van der Waals surface area contributed by atoms with Gasteiger partial charge in [-0.05, 0) is 40.0 Å². The Hall–Kier alpha value is -0.690. The fraction of sp³-hybridized carbons (Fsp3) is 0.417. The Bertz CT molecular complexity index is 502. The van der Waals surface area contributed by atoms with Crippen LogP contribution in [0.15, 0.2) is 27.7 Å². The summed E-state index contributed by atoms with van der Waals surface area (Å²) in [6.07, 6.45) is -4.34. The lowest BCUT2D eigenvalue weighted by Gasteiger charge is -2.19. The van der Waals surface area contributed by atoms with Crippen LogP contribution in [0.1, 0.15) is 12.5 Å². The van der Waals surface area contributed by atoms with Crippen LogP contribution in [-0.4, -0.2) is 17.5 Å². The van der Waals surface area contributed by atoms with E-state index in [0.717, 1.165) is 17.9 Å². The van der Waals surface area contributed by atoms with Gasteiger partial charge in [-0.15, -0.1) is 0 Å². The Morgan fingerprint density at radius 3 is 2.74 bits per heavy atom. The van der Waals surface area contributed by atoms with E-state index in [0.29, 0.717) is 27.8 Å². The van der Waals surface area contributed by atoms with Crippen LogP contribution in [0.2, 0.25) is 0 Å². The average molecular weight is 353 g/mol. The first-order valence-corrected chi connectivity index (χ1v) is 7.45. The van der Waals surface area contributed by atoms with Crippen molar-refractivity contribution in [2.24, 2.45) is 10.9 Å². The predicted molar refractivity (Wildman–Crippen MR) is 76.7 cm³/mol. The third-order valence-electron chi connectivity index (χ3n) is 2.59. The van der Waals surface area contributed by atoms with Gasteiger partial charge >= 0.3 is 6.18 Å². The first-order chi connectivity index (χ1) is 8.86. The molecule has 1 atom stereocenters. The van der Waals surface area contributed by atoms with Crippen molar-refractivity contribution in [2.75, 3.05) is 17.6 Å². The Balaban J connectivity index is 2.20. The first kappa shape index (κ1) is 14.7. The summed E-state index contributed by atoms with van der Waals surface area (Å²) in [5.41, 5.74) is -0.288. The SMILES string of the molecule is CC1CN=C(Nc2cc(C(F)(F)F)ccc2Br)SC1. The van der Waals surface area contributed by atoms with Crippen LogP contribution in [-0.2, 0) is 6.18 Å². The minimum Gasteiger partial charge on any atom is -0.334 e. The highest BCUT2D eigenvalue weighted by Crippen LogP contribution is 2.34. The fourth-order valence-electron chi connectivity index (χ4n) is 1.55. The van der Waals surface area contributed by atoms with Crippen molar-refractivity contribution in [1.29, 1.82) is 0 Å². The molecule has 1 aliphatic rings. The molecule has 104 valence electrons. The lowest BCUT2D eigenvalue weighted by molar-refractivity contribution is -0.137. The maximum absolute atomic E-state index is 12.7. The van der Waals surface area contributed by atoms with Gasteiger partial charge in [-0.1, -0.05) is 18.7 Å². The summed E-state index contributed by atoms with van der Waals surface area (Å²) in [4.78, 5) is 4.31. The highest BCUT2D eigenvalue weighted by molar-refractivity contribution is 9.10. The van der Waals surface area contributed by atoms with E-state index in [1.54, 1.807) is 0 Å². The third kappa shape index (κ3) is 3.89. The molecule has 2 nitrogen and oxygen atoms in total. The highest BCUT2D eigenvalue weighted by Gasteiger charge is 2.31. The number of hydrogen-bond acceptors (Lipinski definition) is 3. The van der Waals surface area contributed by atoms with Crippen molar-refractivity contribution in [3.63, 3.8) is 0 Å². The van der Waals surface area contributed by atoms with Crippen molar-refractivity contribution in [3.05, 3.63) is 28.2 Å². The van der Waals surface area contributed by atoms with Crippen LogP contribution in [0.5, 0.6) is 0 Å². The zero-order valence-electron chi connectivity index (χ0n) is 10.1. The molecule has 0 spiro atoms. The Morgan fingerprint density at radius 2 is 2.16 bits per heavy atom. The Kier molecular flexibility index (Phi) is 4.45. The molecule has 1 heterocycles. The molecule has 19 heavy (non-hydrogen) atoms. The molecule has 0 radical (unpaired) electrons. The molecule has 1 unspecified atom stereocenters. The second-order valence-corrected chi connectivity index (χ2v) is 6.24. The van der Waals surface area contributed by atoms with Crippen LogP contribution >= 0.6 is 27.7 Å². The largest absolute Gasteiger partial charge is 0.416 e. The molecule has 0 bridgehead atoms. The molecule has 1 aromatic carbocycles. The second-order valence-electron chi connectivity index (χ2n) is 4.38. The summed E-state index contributed by atoms with van der Waals surface area (Å²) < 4.78 is 38.5. The number of hydrogen-bond donors (Lipinski definition) is 1. The van der Waals surface area contributed by atoms with Gasteiger partial charge in [-0.2, -0.15) is 13.2 Å². The average Bonchev–Trinajstić information content (AvgIpc) is 2.33. The van der Waals surface area contributed by atoms with Crippen LogP contribution in [0.25, 0.3) is 0 Å². The summed E-state index contributed by atoms with van der Waals surface area (Å²) in [6.45, 7) is 2.79. The van der Waals surface area contributed by atoms with Crippen LogP contribution in [0, 0.1) is 5.92 Å². The van der Waals surface area contributed by atoms with Gasteiger partial charge in [-0.3, -0.25) is 4.99 Å². The standard InChI is InChI=1S/C12H12BrF3N2S/c1-7-5-17-11(19-6-7)18-10-4-8(12(14,15)16)2-3-9(10)13/h2-4,7H,5-6H2,1H3,(H,17,18). The molecular formula is C12H12BrF3N2S. The van der Waals surface area contributed by atoms with Gasteiger partial charge < -0.3 is 5.32 Å². The molecule has 2 rings (SSSR count). The number of aliphatic imine (C=N–C) groups is 1. The number of halogens is 4. The molecule has 0 fully saturated rings. The van der Waals surface area contributed by atoms with E-state index < -0.39 is 11.7 Å². The van der Waals surface area contributed by atoms with E-state index in [1.807, 2.05) is 0 Å². The van der Waals surface area contributed by atoms with Crippen LogP contribution in [0.4, 0.5) is 18.9 Å². The van der Waals surface area contributed by atoms with Gasteiger partial charge in [0.15, 0.2) is 5.17 Å². The van der Waals surface area contributed by atoms with E-state index >= 15 is 0 Å². The number of anilines is 1. The number of nitrogens with one attached hydrogen (secondary N) is 1. The Labute approximate surface area is 122 Å². The summed E-state index contributed by atoms with van der Waals surface area (Å²) >= 11 is 4.77. The van der Waals surface area contributed by atoms with E-state index in [4.69, 9.17) is 0 Å². The predicted octanol–water partition coefficient (Wildman–Crippen LogP) is 4.62. The lowest BCUT2D eigenvalue weighted by atomic mass is 10.2. The lowest BCUT2D eigenvalue weighted by Crippen LogP contribution is -2.19. The zero-order chi connectivity index (χ0) is 14.0. The molecule has 0 aromatic heterocycles. The van der Waals surface area contributed by atoms with Gasteiger partial charge in [0.2, 0.25) is 0 Å². The summed E-state index contributed by atoms with van der Waals surface area (Å²) in [5, 5.41) is 3.61. The molecule has 0 saturated carbocycles. The molecule has 1 N–H and O–H groups in total. The highest BCUT2D eigenvalue weighted by atomic mass is 79.9. The molecule has 1 aromatic rings. The molecule has 0 amide bonds. The second kappa shape index (κ2) is 5.75. The molecule has 0 saturated heterocycles. The van der Waals surface area contributed by atoms with Crippen molar-refractivity contribution in [3.8, 4) is 0 Å². The first-order valence-electron chi connectivity index (χ1n) is 5.67. The van der Waals surface area contributed by atoms with Crippen LogP contribution < -0.4 is 5.32 Å². The fourth-order valence-corrected chi connectivity index (χ4v) is 2.79. The molecular weight excluding hydrogens is 341 g/mol. The van der Waals surface area contributed by atoms with E-state index in [-0.39, 0.29) is 0 Å². The topological polar surface area (TPSA) is 24.4 Å². The third-order valence-corrected chi connectivity index (χ3v) is 4.52. The molecule has 1 aliphatic heterocycles. The monoisotopic (exact) mass is 352 g/mol. The number of nitrogens with zero attached hydrogens (tertiary/aromatic N) is 1. The van der Waals surface area contributed by atoms with Crippen molar-refractivity contribution in [1.82, 2.24) is 0 Å². The van der Waals surface area contributed by atoms with E-state index in [2.05, 4.69) is 33.2 Å². The number of amidine groups is 1. The number of alkyl halides is 3. The number of rotatable bonds is 1. The maximum atomic E-state index is 12.7. The minimum absolute atomic E-state index is 0.385. The summed E-state index contributed by atoms with van der Waals surface area (Å²) in [7, 11) is 0. The molecule has 0 aliphatic carbocycles. The summed E-state index contributed by atoms with van der Waals surface area (Å²) in [6, 6.07) is 3.53. The van der Waals surface area contributed by atoms with Crippen molar-refractivity contribution < 1.29 is 13.2 Å². The van der Waals surface area contributed by atoms with E-state index in [9.17, 15) is 13.2 Å². The minimum atomic E-state index is -4.34. The van der Waals surface area contributed by atoms with Gasteiger partial charge in [0, 0.05) is 16.8 Å². The molecule has 7 heteroatoms. The maximum Gasteiger partial charge on any atom is 0.416 e. The summed E-state index contributed by atoms with van der Waals surface area (Å²) in [5.74, 6) is 1.42. The van der Waals surface area contributed by atoms with Gasteiger partial charge in [0.1, 0.15) is 0 Å². The van der Waals surface area contributed by atoms with Crippen molar-refractivity contribution >= 4 is 38.5 Å².